The Hall–Kier alpha value is -1.05. The highest BCUT2D eigenvalue weighted by molar-refractivity contribution is 5.14. The second kappa shape index (κ2) is 7.26. The lowest BCUT2D eigenvalue weighted by molar-refractivity contribution is 0.604. The number of rotatable bonds is 7. The summed E-state index contributed by atoms with van der Waals surface area (Å²) in [6, 6.07) is 3.72. The van der Waals surface area contributed by atoms with E-state index in [1.807, 2.05) is 6.92 Å². The number of H-pyrrole nitrogens is 1. The highest BCUT2D eigenvalue weighted by Crippen LogP contribution is 2.08. The molecule has 0 aliphatic heterocycles. The summed E-state index contributed by atoms with van der Waals surface area (Å²) in [6.45, 7) is 4.21. The van der Waals surface area contributed by atoms with Crippen molar-refractivity contribution < 1.29 is 0 Å². The van der Waals surface area contributed by atoms with Gasteiger partial charge < -0.3 is 4.98 Å². The zero-order chi connectivity index (χ0) is 11.8. The Balaban J connectivity index is 2.24. The molecule has 0 aliphatic carbocycles. The van der Waals surface area contributed by atoms with Gasteiger partial charge in [0.25, 0.3) is 0 Å². The van der Waals surface area contributed by atoms with Crippen molar-refractivity contribution in [1.29, 1.82) is 0 Å². The zero-order valence-electron chi connectivity index (χ0n) is 10.5. The third kappa shape index (κ3) is 5.15. The molecule has 1 aromatic rings. The number of unbranched alkanes of at least 4 members (excludes halogenated alkanes) is 5. The van der Waals surface area contributed by atoms with Crippen LogP contribution in [-0.4, -0.2) is 4.98 Å². The van der Waals surface area contributed by atoms with Gasteiger partial charge in [-0.05, 0) is 31.4 Å². The van der Waals surface area contributed by atoms with E-state index in [2.05, 4.69) is 18.0 Å². The lowest BCUT2D eigenvalue weighted by atomic mass is 10.1. The van der Waals surface area contributed by atoms with Gasteiger partial charge in [-0.15, -0.1) is 0 Å². The highest BCUT2D eigenvalue weighted by Gasteiger charge is 1.96. The number of hydrogen-bond acceptors (Lipinski definition) is 1. The van der Waals surface area contributed by atoms with Gasteiger partial charge in [-0.3, -0.25) is 4.79 Å². The van der Waals surface area contributed by atoms with E-state index in [4.69, 9.17) is 0 Å². The fraction of sp³-hybridized carbons (Fsp3) is 0.643. The Kier molecular flexibility index (Phi) is 5.91. The summed E-state index contributed by atoms with van der Waals surface area (Å²) < 4.78 is 0. The first-order chi connectivity index (χ1) is 7.72. The number of aromatic amines is 1. The topological polar surface area (TPSA) is 32.9 Å². The number of aromatic nitrogens is 1. The second-order valence-corrected chi connectivity index (χ2v) is 4.56. The van der Waals surface area contributed by atoms with Crippen LogP contribution in [-0.2, 0) is 6.42 Å². The first-order valence-electron chi connectivity index (χ1n) is 6.42. The molecule has 0 unspecified atom stereocenters. The molecular formula is C14H23NO. The van der Waals surface area contributed by atoms with Crippen molar-refractivity contribution in [3.63, 3.8) is 0 Å². The molecule has 1 heterocycles. The van der Waals surface area contributed by atoms with Crippen LogP contribution in [0.15, 0.2) is 16.9 Å². The molecule has 0 spiro atoms. The highest BCUT2D eigenvalue weighted by atomic mass is 16.1. The van der Waals surface area contributed by atoms with Crippen LogP contribution in [0.1, 0.15) is 56.7 Å². The third-order valence-corrected chi connectivity index (χ3v) is 2.84. The largest absolute Gasteiger partial charge is 0.326 e. The number of aryl methyl sites for hydroxylation is 2. The maximum atomic E-state index is 11.2. The van der Waals surface area contributed by atoms with E-state index < -0.39 is 0 Å². The molecule has 0 aromatic carbocycles. The first-order valence-corrected chi connectivity index (χ1v) is 6.42. The molecule has 2 heteroatoms. The molecule has 16 heavy (non-hydrogen) atoms. The minimum atomic E-state index is 0.0287. The van der Waals surface area contributed by atoms with Crippen molar-refractivity contribution in [3.8, 4) is 0 Å². The Morgan fingerprint density at radius 1 is 1.06 bits per heavy atom. The van der Waals surface area contributed by atoms with Gasteiger partial charge in [0, 0.05) is 11.8 Å². The fourth-order valence-electron chi connectivity index (χ4n) is 1.98. The maximum absolute atomic E-state index is 11.2. The lowest BCUT2D eigenvalue weighted by Crippen LogP contribution is -2.08. The van der Waals surface area contributed by atoms with E-state index in [1.54, 1.807) is 6.07 Å². The average Bonchev–Trinajstić information content (AvgIpc) is 2.22. The average molecular weight is 221 g/mol. The summed E-state index contributed by atoms with van der Waals surface area (Å²) in [7, 11) is 0. The first kappa shape index (κ1) is 13.0. The molecule has 0 radical (unpaired) electrons. The van der Waals surface area contributed by atoms with Crippen molar-refractivity contribution in [2.75, 3.05) is 0 Å². The van der Waals surface area contributed by atoms with Crippen LogP contribution in [0.2, 0.25) is 0 Å². The van der Waals surface area contributed by atoms with Crippen LogP contribution in [0.4, 0.5) is 0 Å². The molecule has 0 fully saturated rings. The van der Waals surface area contributed by atoms with E-state index >= 15 is 0 Å². The second-order valence-electron chi connectivity index (χ2n) is 4.56. The van der Waals surface area contributed by atoms with Gasteiger partial charge in [0.15, 0.2) is 0 Å². The van der Waals surface area contributed by atoms with Crippen LogP contribution in [0, 0.1) is 6.92 Å². The van der Waals surface area contributed by atoms with E-state index in [0.717, 1.165) is 17.7 Å². The summed E-state index contributed by atoms with van der Waals surface area (Å²) in [5.41, 5.74) is 2.17. The summed E-state index contributed by atoms with van der Waals surface area (Å²) >= 11 is 0. The predicted molar refractivity (Wildman–Crippen MR) is 68.9 cm³/mol. The van der Waals surface area contributed by atoms with E-state index in [9.17, 15) is 4.79 Å². The molecule has 0 saturated carbocycles. The molecule has 0 bridgehead atoms. The lowest BCUT2D eigenvalue weighted by Gasteiger charge is -2.02. The molecule has 1 rings (SSSR count). The van der Waals surface area contributed by atoms with Crippen LogP contribution < -0.4 is 5.56 Å². The minimum Gasteiger partial charge on any atom is -0.326 e. The molecular weight excluding hydrogens is 198 g/mol. The summed E-state index contributed by atoms with van der Waals surface area (Å²) in [5.74, 6) is 0. The van der Waals surface area contributed by atoms with E-state index in [0.29, 0.717) is 0 Å². The van der Waals surface area contributed by atoms with Crippen molar-refractivity contribution in [3.05, 3.63) is 33.7 Å². The summed E-state index contributed by atoms with van der Waals surface area (Å²) in [5, 5.41) is 0. The van der Waals surface area contributed by atoms with Gasteiger partial charge in [-0.2, -0.15) is 0 Å². The smallest absolute Gasteiger partial charge is 0.248 e. The van der Waals surface area contributed by atoms with Gasteiger partial charge in [0.1, 0.15) is 0 Å². The molecule has 1 aromatic heterocycles. The van der Waals surface area contributed by atoms with Crippen molar-refractivity contribution >= 4 is 0 Å². The molecule has 2 nitrogen and oxygen atoms in total. The Labute approximate surface area is 98.1 Å². The Morgan fingerprint density at radius 3 is 2.44 bits per heavy atom. The van der Waals surface area contributed by atoms with Crippen LogP contribution in [0.5, 0.6) is 0 Å². The standard InChI is InChI=1S/C14H23NO/c1-3-4-5-6-7-8-9-13-10-12(2)11-14(16)15-13/h10-11H,3-9H2,1-2H3,(H,15,16). The van der Waals surface area contributed by atoms with Crippen molar-refractivity contribution in [1.82, 2.24) is 4.98 Å². The van der Waals surface area contributed by atoms with Crippen molar-refractivity contribution in [2.45, 2.75) is 58.8 Å². The van der Waals surface area contributed by atoms with Crippen molar-refractivity contribution in [2.24, 2.45) is 0 Å². The molecule has 0 aliphatic rings. The van der Waals surface area contributed by atoms with Gasteiger partial charge >= 0.3 is 0 Å². The predicted octanol–water partition coefficient (Wildman–Crippen LogP) is 3.59. The zero-order valence-corrected chi connectivity index (χ0v) is 10.5. The summed E-state index contributed by atoms with van der Waals surface area (Å²) in [4.78, 5) is 14.1. The number of pyridine rings is 1. The number of hydrogen-bond donors (Lipinski definition) is 1. The summed E-state index contributed by atoms with van der Waals surface area (Å²) in [6.07, 6.45) is 8.78. The third-order valence-electron chi connectivity index (χ3n) is 2.84. The van der Waals surface area contributed by atoms with E-state index in [-0.39, 0.29) is 5.56 Å². The minimum absolute atomic E-state index is 0.0287. The van der Waals surface area contributed by atoms with E-state index in [1.165, 1.54) is 38.5 Å². The maximum Gasteiger partial charge on any atom is 0.248 e. The van der Waals surface area contributed by atoms with Crippen LogP contribution >= 0.6 is 0 Å². The molecule has 0 saturated heterocycles. The van der Waals surface area contributed by atoms with Gasteiger partial charge in [0.2, 0.25) is 5.56 Å². The van der Waals surface area contributed by atoms with Crippen LogP contribution in [0.25, 0.3) is 0 Å². The molecule has 1 N–H and O–H groups in total. The fourth-order valence-corrected chi connectivity index (χ4v) is 1.98. The number of nitrogens with one attached hydrogen (secondary N) is 1. The van der Waals surface area contributed by atoms with Crippen LogP contribution in [0.3, 0.4) is 0 Å². The molecule has 0 amide bonds. The van der Waals surface area contributed by atoms with Gasteiger partial charge in [-0.25, -0.2) is 0 Å². The Morgan fingerprint density at radius 2 is 1.75 bits per heavy atom. The molecule has 90 valence electrons. The SMILES string of the molecule is CCCCCCCCc1cc(C)cc(=O)[nH]1. The van der Waals surface area contributed by atoms with Gasteiger partial charge in [-0.1, -0.05) is 39.0 Å². The monoisotopic (exact) mass is 221 g/mol. The molecule has 0 atom stereocenters. The normalized spacial score (nSPS) is 10.6. The Bertz CT molecular complexity index is 354. The quantitative estimate of drug-likeness (QED) is 0.701. The van der Waals surface area contributed by atoms with Gasteiger partial charge in [0.05, 0.1) is 0 Å².